The molecule has 5 heteroatoms. The van der Waals surface area contributed by atoms with Gasteiger partial charge in [-0.3, -0.25) is 9.69 Å². The minimum atomic E-state index is -0.692. The van der Waals surface area contributed by atoms with Crippen molar-refractivity contribution < 1.29 is 9.90 Å². The monoisotopic (exact) mass is 289 g/mol. The molecule has 0 aliphatic carbocycles. The second-order valence-corrected chi connectivity index (χ2v) is 6.22. The van der Waals surface area contributed by atoms with Gasteiger partial charge in [-0.1, -0.05) is 0 Å². The normalized spacial score (nSPS) is 22.1. The molecule has 1 saturated heterocycles. The molecule has 0 radical (unpaired) electrons. The van der Waals surface area contributed by atoms with Crippen molar-refractivity contribution in [1.82, 2.24) is 4.90 Å². The predicted molar refractivity (Wildman–Crippen MR) is 63.1 cm³/mol. The van der Waals surface area contributed by atoms with Crippen LogP contribution in [0.25, 0.3) is 0 Å². The molecular weight excluding hydrogens is 278 g/mol. The van der Waals surface area contributed by atoms with Crippen molar-refractivity contribution in [1.29, 1.82) is 0 Å². The first-order valence-electron chi connectivity index (χ1n) is 4.88. The highest BCUT2D eigenvalue weighted by atomic mass is 79.9. The maximum absolute atomic E-state index is 11.0. The van der Waals surface area contributed by atoms with Crippen LogP contribution < -0.4 is 0 Å². The molecule has 0 aromatic carbocycles. The molecule has 0 spiro atoms. The van der Waals surface area contributed by atoms with Gasteiger partial charge >= 0.3 is 5.97 Å². The highest BCUT2D eigenvalue weighted by molar-refractivity contribution is 9.11. The molecule has 0 unspecified atom stereocenters. The van der Waals surface area contributed by atoms with Crippen LogP contribution in [0, 0.1) is 0 Å². The van der Waals surface area contributed by atoms with Crippen LogP contribution in [0.2, 0.25) is 0 Å². The standard InChI is InChI=1S/C10H12BrNO2S/c11-9-4-3-7(15-9)6-12-5-1-2-8(12)10(13)14/h3-4,8H,1-2,5-6H2,(H,13,14)/t8-/m1/s1. The minimum absolute atomic E-state index is 0.286. The van der Waals surface area contributed by atoms with Gasteiger partial charge in [0.1, 0.15) is 6.04 Å². The Morgan fingerprint density at radius 2 is 2.47 bits per heavy atom. The van der Waals surface area contributed by atoms with Crippen molar-refractivity contribution >= 4 is 33.2 Å². The van der Waals surface area contributed by atoms with Crippen LogP contribution >= 0.6 is 27.3 Å². The Labute approximate surface area is 101 Å². The average molecular weight is 290 g/mol. The lowest BCUT2D eigenvalue weighted by Crippen LogP contribution is -2.35. The van der Waals surface area contributed by atoms with Crippen LogP contribution in [0.3, 0.4) is 0 Å². The maximum atomic E-state index is 11.0. The van der Waals surface area contributed by atoms with Gasteiger partial charge in [0, 0.05) is 11.4 Å². The number of carboxylic acids is 1. The third-order valence-corrected chi connectivity index (χ3v) is 4.24. The van der Waals surface area contributed by atoms with E-state index in [0.29, 0.717) is 0 Å². The van der Waals surface area contributed by atoms with Crippen LogP contribution in [-0.2, 0) is 11.3 Å². The summed E-state index contributed by atoms with van der Waals surface area (Å²) in [6.07, 6.45) is 1.77. The molecule has 0 amide bonds. The van der Waals surface area contributed by atoms with E-state index in [1.165, 1.54) is 4.88 Å². The third kappa shape index (κ3) is 2.59. The van der Waals surface area contributed by atoms with Crippen LogP contribution in [-0.4, -0.2) is 28.6 Å². The summed E-state index contributed by atoms with van der Waals surface area (Å²) in [5.74, 6) is -0.692. The first-order valence-corrected chi connectivity index (χ1v) is 6.49. The second-order valence-electron chi connectivity index (χ2n) is 3.67. The molecule has 82 valence electrons. The Hall–Kier alpha value is -0.390. The molecule has 2 heterocycles. The van der Waals surface area contributed by atoms with Gasteiger partial charge in [0.25, 0.3) is 0 Å². The van der Waals surface area contributed by atoms with Gasteiger partial charge in [-0.2, -0.15) is 0 Å². The molecule has 0 bridgehead atoms. The van der Waals surface area contributed by atoms with Gasteiger partial charge in [-0.05, 0) is 47.4 Å². The summed E-state index contributed by atoms with van der Waals surface area (Å²) >= 11 is 5.08. The molecule has 0 saturated carbocycles. The summed E-state index contributed by atoms with van der Waals surface area (Å²) < 4.78 is 1.10. The van der Waals surface area contributed by atoms with Gasteiger partial charge in [0.2, 0.25) is 0 Å². The number of likely N-dealkylation sites (tertiary alicyclic amines) is 1. The van der Waals surface area contributed by atoms with E-state index in [-0.39, 0.29) is 6.04 Å². The lowest BCUT2D eigenvalue weighted by molar-refractivity contribution is -0.142. The highest BCUT2D eigenvalue weighted by Gasteiger charge is 2.30. The summed E-state index contributed by atoms with van der Waals surface area (Å²) in [5.41, 5.74) is 0. The zero-order valence-corrected chi connectivity index (χ0v) is 10.6. The van der Waals surface area contributed by atoms with Crippen molar-refractivity contribution in [3.8, 4) is 0 Å². The van der Waals surface area contributed by atoms with Crippen LogP contribution in [0.5, 0.6) is 0 Å². The molecule has 1 N–H and O–H groups in total. The molecule has 1 aliphatic rings. The number of carboxylic acid groups (broad SMARTS) is 1. The number of hydrogen-bond acceptors (Lipinski definition) is 3. The van der Waals surface area contributed by atoms with E-state index < -0.39 is 5.97 Å². The van der Waals surface area contributed by atoms with E-state index >= 15 is 0 Å². The Kier molecular flexibility index (Phi) is 3.43. The van der Waals surface area contributed by atoms with E-state index in [4.69, 9.17) is 5.11 Å². The van der Waals surface area contributed by atoms with Gasteiger partial charge in [0.15, 0.2) is 0 Å². The van der Waals surface area contributed by atoms with E-state index in [1.807, 2.05) is 17.0 Å². The van der Waals surface area contributed by atoms with E-state index in [0.717, 1.165) is 29.7 Å². The molecule has 3 nitrogen and oxygen atoms in total. The van der Waals surface area contributed by atoms with Gasteiger partial charge in [-0.15, -0.1) is 11.3 Å². The summed E-state index contributed by atoms with van der Waals surface area (Å²) in [6, 6.07) is 3.77. The summed E-state index contributed by atoms with van der Waals surface area (Å²) in [4.78, 5) is 14.2. The number of aliphatic carboxylic acids is 1. The third-order valence-electron chi connectivity index (χ3n) is 2.64. The van der Waals surface area contributed by atoms with E-state index in [1.54, 1.807) is 11.3 Å². The molecule has 1 aliphatic heterocycles. The quantitative estimate of drug-likeness (QED) is 0.930. The predicted octanol–water partition coefficient (Wildman–Crippen LogP) is 2.56. The van der Waals surface area contributed by atoms with Gasteiger partial charge in [-0.25, -0.2) is 0 Å². The van der Waals surface area contributed by atoms with Crippen molar-refractivity contribution in [3.05, 3.63) is 20.8 Å². The number of halogens is 1. The SMILES string of the molecule is O=C(O)[C@H]1CCCN1Cc1ccc(Br)s1. The Morgan fingerprint density at radius 1 is 1.67 bits per heavy atom. The van der Waals surface area contributed by atoms with E-state index in [9.17, 15) is 4.79 Å². The number of rotatable bonds is 3. The van der Waals surface area contributed by atoms with Crippen molar-refractivity contribution in [3.63, 3.8) is 0 Å². The van der Waals surface area contributed by atoms with E-state index in [2.05, 4.69) is 15.9 Å². The number of nitrogens with zero attached hydrogens (tertiary/aromatic N) is 1. The number of thiophene rings is 1. The molecule has 1 fully saturated rings. The average Bonchev–Trinajstić information content (AvgIpc) is 2.75. The molecule has 1 aromatic heterocycles. The number of hydrogen-bond donors (Lipinski definition) is 1. The maximum Gasteiger partial charge on any atom is 0.320 e. The van der Waals surface area contributed by atoms with Crippen LogP contribution in [0.15, 0.2) is 15.9 Å². The minimum Gasteiger partial charge on any atom is -0.480 e. The summed E-state index contributed by atoms with van der Waals surface area (Å²) in [6.45, 7) is 1.65. The molecule has 15 heavy (non-hydrogen) atoms. The topological polar surface area (TPSA) is 40.5 Å². The molecule has 1 aromatic rings. The molecule has 1 atom stereocenters. The second kappa shape index (κ2) is 4.63. The van der Waals surface area contributed by atoms with Crippen molar-refractivity contribution in [2.24, 2.45) is 0 Å². The Morgan fingerprint density at radius 3 is 3.07 bits per heavy atom. The fourth-order valence-corrected chi connectivity index (χ4v) is 3.44. The largest absolute Gasteiger partial charge is 0.480 e. The van der Waals surface area contributed by atoms with Gasteiger partial charge in [0.05, 0.1) is 3.79 Å². The van der Waals surface area contributed by atoms with Crippen LogP contribution in [0.1, 0.15) is 17.7 Å². The highest BCUT2D eigenvalue weighted by Crippen LogP contribution is 2.26. The van der Waals surface area contributed by atoms with Crippen LogP contribution in [0.4, 0.5) is 0 Å². The Balaban J connectivity index is 2.02. The number of carbonyl (C=O) groups is 1. The molecule has 2 rings (SSSR count). The first kappa shape index (κ1) is 11.1. The van der Waals surface area contributed by atoms with Crippen molar-refractivity contribution in [2.75, 3.05) is 6.54 Å². The lowest BCUT2D eigenvalue weighted by Gasteiger charge is -2.19. The van der Waals surface area contributed by atoms with Gasteiger partial charge < -0.3 is 5.11 Å². The fourth-order valence-electron chi connectivity index (χ4n) is 1.93. The summed E-state index contributed by atoms with van der Waals surface area (Å²) in [5, 5.41) is 9.02. The lowest BCUT2D eigenvalue weighted by atomic mass is 10.2. The summed E-state index contributed by atoms with van der Waals surface area (Å²) in [7, 11) is 0. The smallest absolute Gasteiger partial charge is 0.320 e. The fraction of sp³-hybridized carbons (Fsp3) is 0.500. The Bertz CT molecular complexity index is 366. The first-order chi connectivity index (χ1) is 7.16. The zero-order chi connectivity index (χ0) is 10.8. The molecular formula is C10H12BrNO2S. The van der Waals surface area contributed by atoms with Crippen molar-refractivity contribution in [2.45, 2.75) is 25.4 Å². The zero-order valence-electron chi connectivity index (χ0n) is 8.15.